The first-order chi connectivity index (χ1) is 10.3. The molecule has 2 aliphatic heterocycles. The summed E-state index contributed by atoms with van der Waals surface area (Å²) >= 11 is 0. The lowest BCUT2D eigenvalue weighted by Crippen LogP contribution is -2.51. The zero-order chi connectivity index (χ0) is 14.7. The first-order valence-electron chi connectivity index (χ1n) is 8.12. The molecule has 21 heavy (non-hydrogen) atoms. The Labute approximate surface area is 127 Å². The van der Waals surface area contributed by atoms with Crippen LogP contribution in [0.4, 0.5) is 0 Å². The van der Waals surface area contributed by atoms with Gasteiger partial charge < -0.3 is 15.2 Å². The van der Waals surface area contributed by atoms with E-state index < -0.39 is 0 Å². The van der Waals surface area contributed by atoms with Gasteiger partial charge in [-0.15, -0.1) is 0 Å². The van der Waals surface area contributed by atoms with E-state index in [0.29, 0.717) is 12.6 Å². The van der Waals surface area contributed by atoms with E-state index in [9.17, 15) is 0 Å². The van der Waals surface area contributed by atoms with Gasteiger partial charge in [-0.25, -0.2) is 0 Å². The fraction of sp³-hybridized carbons (Fsp3) is 0.647. The lowest BCUT2D eigenvalue weighted by molar-refractivity contribution is 0.0265. The number of nitrogens with zero attached hydrogens (tertiary/aromatic N) is 1. The van der Waals surface area contributed by atoms with Crippen LogP contribution in [-0.2, 0) is 0 Å². The summed E-state index contributed by atoms with van der Waals surface area (Å²) in [5.41, 5.74) is 5.98. The van der Waals surface area contributed by atoms with Crippen LogP contribution in [0.25, 0.3) is 0 Å². The van der Waals surface area contributed by atoms with Crippen molar-refractivity contribution in [2.75, 3.05) is 26.2 Å². The number of hydrogen-bond donors (Lipinski definition) is 1. The van der Waals surface area contributed by atoms with Crippen LogP contribution >= 0.6 is 0 Å². The summed E-state index contributed by atoms with van der Waals surface area (Å²) in [4.78, 5) is 2.49. The molecule has 0 bridgehead atoms. The maximum Gasteiger partial charge on any atom is 0.161 e. The van der Waals surface area contributed by atoms with Gasteiger partial charge in [0.1, 0.15) is 12.7 Å². The third-order valence-corrected chi connectivity index (χ3v) is 4.80. The van der Waals surface area contributed by atoms with Crippen molar-refractivity contribution in [2.45, 2.75) is 38.3 Å². The predicted octanol–water partition coefficient (Wildman–Crippen LogP) is 2.28. The summed E-state index contributed by atoms with van der Waals surface area (Å²) in [6.45, 7) is 5.68. The van der Waals surface area contributed by atoms with Gasteiger partial charge in [0.05, 0.1) is 0 Å². The van der Waals surface area contributed by atoms with Crippen molar-refractivity contribution in [3.8, 4) is 11.5 Å². The molecule has 3 atom stereocenters. The third-order valence-electron chi connectivity index (χ3n) is 4.80. The smallest absolute Gasteiger partial charge is 0.161 e. The third kappa shape index (κ3) is 3.33. The number of hydrogen-bond acceptors (Lipinski definition) is 4. The van der Waals surface area contributed by atoms with Crippen molar-refractivity contribution >= 4 is 0 Å². The number of benzene rings is 1. The second-order valence-electron chi connectivity index (χ2n) is 6.18. The second-order valence-corrected chi connectivity index (χ2v) is 6.18. The standard InChI is InChI=1S/C17H26N2O2/c1-2-13-7-8-19(14(9-13)10-18)11-15-12-20-16-5-3-4-6-17(16)21-15/h3-6,13-15H,2,7-12,18H2,1H3. The summed E-state index contributed by atoms with van der Waals surface area (Å²) in [6, 6.07) is 8.39. The predicted molar refractivity (Wildman–Crippen MR) is 83.8 cm³/mol. The maximum absolute atomic E-state index is 6.07. The van der Waals surface area contributed by atoms with Crippen LogP contribution < -0.4 is 15.2 Å². The lowest BCUT2D eigenvalue weighted by atomic mass is 9.88. The molecule has 116 valence electrons. The molecule has 0 amide bonds. The van der Waals surface area contributed by atoms with Gasteiger partial charge in [0, 0.05) is 19.1 Å². The fourth-order valence-electron chi connectivity index (χ4n) is 3.45. The van der Waals surface area contributed by atoms with E-state index >= 15 is 0 Å². The molecule has 2 aliphatic rings. The van der Waals surface area contributed by atoms with Crippen LogP contribution in [0.3, 0.4) is 0 Å². The van der Waals surface area contributed by atoms with Gasteiger partial charge in [-0.2, -0.15) is 0 Å². The minimum absolute atomic E-state index is 0.104. The zero-order valence-corrected chi connectivity index (χ0v) is 12.8. The summed E-state index contributed by atoms with van der Waals surface area (Å²) in [5.74, 6) is 2.55. The molecule has 1 saturated heterocycles. The summed E-state index contributed by atoms with van der Waals surface area (Å²) in [5, 5.41) is 0. The molecule has 3 rings (SSSR count). The molecule has 2 heterocycles. The van der Waals surface area contributed by atoms with Crippen molar-refractivity contribution in [1.29, 1.82) is 0 Å². The van der Waals surface area contributed by atoms with Crippen molar-refractivity contribution in [2.24, 2.45) is 11.7 Å². The van der Waals surface area contributed by atoms with E-state index in [0.717, 1.165) is 37.1 Å². The van der Waals surface area contributed by atoms with Gasteiger partial charge in [0.2, 0.25) is 0 Å². The fourth-order valence-corrected chi connectivity index (χ4v) is 3.45. The van der Waals surface area contributed by atoms with Gasteiger partial charge in [-0.3, -0.25) is 4.90 Å². The molecule has 0 aliphatic carbocycles. The summed E-state index contributed by atoms with van der Waals surface area (Å²) in [7, 11) is 0. The Morgan fingerprint density at radius 1 is 1.29 bits per heavy atom. The molecule has 2 N–H and O–H groups in total. The monoisotopic (exact) mass is 290 g/mol. The average molecular weight is 290 g/mol. The van der Waals surface area contributed by atoms with Crippen molar-refractivity contribution in [3.05, 3.63) is 24.3 Å². The highest BCUT2D eigenvalue weighted by Crippen LogP contribution is 2.32. The number of nitrogens with two attached hydrogens (primary N) is 1. The first-order valence-corrected chi connectivity index (χ1v) is 8.12. The number of likely N-dealkylation sites (tertiary alicyclic amines) is 1. The molecule has 4 heteroatoms. The molecular weight excluding hydrogens is 264 g/mol. The van der Waals surface area contributed by atoms with Crippen LogP contribution in [0.2, 0.25) is 0 Å². The van der Waals surface area contributed by atoms with Crippen molar-refractivity contribution < 1.29 is 9.47 Å². The van der Waals surface area contributed by atoms with Gasteiger partial charge in [-0.05, 0) is 37.4 Å². The van der Waals surface area contributed by atoms with Crippen LogP contribution in [-0.4, -0.2) is 43.3 Å². The number of fused-ring (bicyclic) bond motifs is 1. The van der Waals surface area contributed by atoms with Gasteiger partial charge in [-0.1, -0.05) is 25.5 Å². The molecule has 0 aromatic heterocycles. The molecule has 3 unspecified atom stereocenters. The molecule has 0 spiro atoms. The van der Waals surface area contributed by atoms with Crippen molar-refractivity contribution in [3.63, 3.8) is 0 Å². The van der Waals surface area contributed by atoms with E-state index in [-0.39, 0.29) is 6.10 Å². The van der Waals surface area contributed by atoms with Gasteiger partial charge >= 0.3 is 0 Å². The molecule has 0 saturated carbocycles. The van der Waals surface area contributed by atoms with Gasteiger partial charge in [0.25, 0.3) is 0 Å². The average Bonchev–Trinajstić information content (AvgIpc) is 2.55. The number of piperidine rings is 1. The molecule has 1 aromatic rings. The molecule has 4 nitrogen and oxygen atoms in total. The second kappa shape index (κ2) is 6.67. The molecular formula is C17H26N2O2. The minimum Gasteiger partial charge on any atom is -0.486 e. The summed E-state index contributed by atoms with van der Waals surface area (Å²) in [6.07, 6.45) is 3.86. The number of para-hydroxylation sites is 2. The van der Waals surface area contributed by atoms with E-state index in [2.05, 4.69) is 11.8 Å². The Kier molecular flexibility index (Phi) is 4.66. The SMILES string of the molecule is CCC1CCN(CC2COc3ccccc3O2)C(CN)C1. The number of ether oxygens (including phenoxy) is 2. The molecule has 0 radical (unpaired) electrons. The van der Waals surface area contributed by atoms with E-state index in [1.165, 1.54) is 19.3 Å². The highest BCUT2D eigenvalue weighted by Gasteiger charge is 2.30. The summed E-state index contributed by atoms with van der Waals surface area (Å²) < 4.78 is 11.9. The van der Waals surface area contributed by atoms with Crippen LogP contribution in [0.15, 0.2) is 24.3 Å². The lowest BCUT2D eigenvalue weighted by Gasteiger charge is -2.41. The highest BCUT2D eigenvalue weighted by atomic mass is 16.6. The Balaban J connectivity index is 1.59. The maximum atomic E-state index is 6.07. The normalized spacial score (nSPS) is 29.3. The Hall–Kier alpha value is -1.26. The van der Waals surface area contributed by atoms with Crippen molar-refractivity contribution in [1.82, 2.24) is 4.90 Å². The van der Waals surface area contributed by atoms with Crippen LogP contribution in [0, 0.1) is 5.92 Å². The van der Waals surface area contributed by atoms with Crippen LogP contribution in [0.1, 0.15) is 26.2 Å². The van der Waals surface area contributed by atoms with E-state index in [1.54, 1.807) is 0 Å². The van der Waals surface area contributed by atoms with Crippen LogP contribution in [0.5, 0.6) is 11.5 Å². The Bertz CT molecular complexity index is 466. The topological polar surface area (TPSA) is 47.7 Å². The molecule has 1 fully saturated rings. The van der Waals surface area contributed by atoms with E-state index in [1.807, 2.05) is 24.3 Å². The highest BCUT2D eigenvalue weighted by molar-refractivity contribution is 5.40. The van der Waals surface area contributed by atoms with E-state index in [4.69, 9.17) is 15.2 Å². The Morgan fingerprint density at radius 3 is 2.86 bits per heavy atom. The zero-order valence-electron chi connectivity index (χ0n) is 12.8. The number of rotatable bonds is 4. The molecule has 1 aromatic carbocycles. The minimum atomic E-state index is 0.104. The quantitative estimate of drug-likeness (QED) is 0.924. The van der Waals surface area contributed by atoms with Gasteiger partial charge in [0.15, 0.2) is 11.5 Å². The first kappa shape index (κ1) is 14.7. The Morgan fingerprint density at radius 2 is 2.10 bits per heavy atom. The largest absolute Gasteiger partial charge is 0.486 e.